The van der Waals surface area contributed by atoms with E-state index in [1.807, 2.05) is 85.5 Å². The number of para-hydroxylation sites is 1. The molecule has 0 fully saturated rings. The van der Waals surface area contributed by atoms with E-state index in [1.165, 1.54) is 0 Å². The first kappa shape index (κ1) is 19.5. The molecule has 0 unspecified atom stereocenters. The lowest BCUT2D eigenvalue weighted by Crippen LogP contribution is -2.33. The van der Waals surface area contributed by atoms with Crippen LogP contribution in [0.2, 0.25) is 0 Å². The van der Waals surface area contributed by atoms with Crippen LogP contribution >= 0.6 is 0 Å². The second kappa shape index (κ2) is 7.96. The van der Waals surface area contributed by atoms with Gasteiger partial charge in [0.05, 0.1) is 16.9 Å². The molecule has 0 atom stereocenters. The van der Waals surface area contributed by atoms with Crippen LogP contribution in [0.5, 0.6) is 0 Å². The molecule has 156 valence electrons. The molecule has 0 saturated heterocycles. The van der Waals surface area contributed by atoms with Gasteiger partial charge in [0.1, 0.15) is 0 Å². The quantitative estimate of drug-likeness (QED) is 0.516. The zero-order valence-electron chi connectivity index (χ0n) is 17.8. The lowest BCUT2D eigenvalue weighted by Gasteiger charge is -2.27. The van der Waals surface area contributed by atoms with E-state index in [2.05, 4.69) is 9.88 Å². The topological polar surface area (TPSA) is 56.0 Å². The monoisotopic (exact) mass is 411 g/mol. The first-order valence-corrected chi connectivity index (χ1v) is 10.6. The van der Waals surface area contributed by atoms with Crippen molar-refractivity contribution in [1.29, 1.82) is 0 Å². The van der Waals surface area contributed by atoms with Crippen molar-refractivity contribution in [3.05, 3.63) is 99.7 Å². The van der Waals surface area contributed by atoms with Crippen LogP contribution in [0, 0.1) is 6.92 Å². The third-order valence-corrected chi connectivity index (χ3v) is 6.10. The highest BCUT2D eigenvalue weighted by Gasteiger charge is 2.23. The van der Waals surface area contributed by atoms with Crippen LogP contribution in [0.1, 0.15) is 22.5 Å². The van der Waals surface area contributed by atoms with Crippen LogP contribution < -0.4 is 5.56 Å². The average Bonchev–Trinajstić information content (AvgIpc) is 3.03. The minimum absolute atomic E-state index is 0.0488. The maximum atomic E-state index is 13.2. The molecule has 5 rings (SSSR count). The Kier molecular flexibility index (Phi) is 5.00. The molecular weight excluding hydrogens is 386 g/mol. The Balaban J connectivity index is 1.39. The fraction of sp³-hybridized carbons (Fsp3) is 0.240. The number of fused-ring (bicyclic) bond motifs is 1. The van der Waals surface area contributed by atoms with Gasteiger partial charge in [-0.05, 0) is 19.1 Å². The molecule has 0 spiro atoms. The largest absolute Gasteiger partial charge is 0.294 e. The van der Waals surface area contributed by atoms with Crippen molar-refractivity contribution in [1.82, 2.24) is 24.2 Å². The summed E-state index contributed by atoms with van der Waals surface area (Å²) in [4.78, 5) is 24.9. The second-order valence-electron chi connectivity index (χ2n) is 8.03. The first-order valence-electron chi connectivity index (χ1n) is 10.6. The molecule has 6 nitrogen and oxygen atoms in total. The summed E-state index contributed by atoms with van der Waals surface area (Å²) in [5.74, 6) is 0.775. The van der Waals surface area contributed by atoms with Crippen LogP contribution in [0.15, 0.2) is 71.7 Å². The number of hydrogen-bond acceptors (Lipinski definition) is 4. The molecule has 2 aromatic heterocycles. The van der Waals surface area contributed by atoms with Gasteiger partial charge < -0.3 is 0 Å². The molecule has 1 aliphatic heterocycles. The van der Waals surface area contributed by atoms with Crippen molar-refractivity contribution in [3.63, 3.8) is 0 Å². The van der Waals surface area contributed by atoms with Crippen LogP contribution in [-0.2, 0) is 26.6 Å². The van der Waals surface area contributed by atoms with E-state index in [0.29, 0.717) is 6.54 Å². The molecule has 0 N–H and O–H groups in total. The van der Waals surface area contributed by atoms with Gasteiger partial charge in [-0.2, -0.15) is 0 Å². The Labute approximate surface area is 181 Å². The van der Waals surface area contributed by atoms with Gasteiger partial charge in [0.15, 0.2) is 5.82 Å². The van der Waals surface area contributed by atoms with E-state index >= 15 is 0 Å². The minimum atomic E-state index is 0.0488. The SMILES string of the molecule is Cc1c(CN2CCc3nc(-c4ccccc4)ncc3C2)c(=O)n(-c2ccccc2)n1C. The molecule has 0 radical (unpaired) electrons. The highest BCUT2D eigenvalue weighted by atomic mass is 16.1. The summed E-state index contributed by atoms with van der Waals surface area (Å²) in [6.45, 7) is 4.27. The molecular formula is C25H25N5O. The summed E-state index contributed by atoms with van der Waals surface area (Å²) in [5, 5.41) is 0. The predicted molar refractivity (Wildman–Crippen MR) is 121 cm³/mol. The average molecular weight is 412 g/mol. The third kappa shape index (κ3) is 3.59. The van der Waals surface area contributed by atoms with Gasteiger partial charge in [-0.1, -0.05) is 48.5 Å². The van der Waals surface area contributed by atoms with E-state index in [4.69, 9.17) is 4.98 Å². The highest BCUT2D eigenvalue weighted by molar-refractivity contribution is 5.54. The molecule has 4 aromatic rings. The van der Waals surface area contributed by atoms with Crippen molar-refractivity contribution in [3.8, 4) is 17.1 Å². The van der Waals surface area contributed by atoms with Crippen molar-refractivity contribution in [2.75, 3.05) is 6.54 Å². The summed E-state index contributed by atoms with van der Waals surface area (Å²) in [6, 6.07) is 19.9. The Morgan fingerprint density at radius 2 is 1.71 bits per heavy atom. The zero-order chi connectivity index (χ0) is 21.4. The molecule has 6 heteroatoms. The molecule has 0 bridgehead atoms. The first-order chi connectivity index (χ1) is 15.1. The van der Waals surface area contributed by atoms with E-state index in [-0.39, 0.29) is 5.56 Å². The lowest BCUT2D eigenvalue weighted by molar-refractivity contribution is 0.241. The lowest BCUT2D eigenvalue weighted by atomic mass is 10.1. The summed E-state index contributed by atoms with van der Waals surface area (Å²) in [6.07, 6.45) is 2.80. The summed E-state index contributed by atoms with van der Waals surface area (Å²) in [5.41, 5.74) is 6.06. The fourth-order valence-corrected chi connectivity index (χ4v) is 4.27. The van der Waals surface area contributed by atoms with Gasteiger partial charge in [-0.3, -0.25) is 14.4 Å². The normalized spacial score (nSPS) is 13.9. The van der Waals surface area contributed by atoms with Crippen molar-refractivity contribution in [2.24, 2.45) is 7.05 Å². The standard InChI is InChI=1S/C25H25N5O/c1-18-22(25(31)30(28(18)2)21-11-7-4-8-12-21)17-29-14-13-23-20(16-29)15-26-24(27-23)19-9-5-3-6-10-19/h3-12,15H,13-14,16-17H2,1-2H3. The molecule has 0 amide bonds. The Bertz CT molecular complexity index is 1270. The zero-order valence-corrected chi connectivity index (χ0v) is 17.8. The Morgan fingerprint density at radius 1 is 1.00 bits per heavy atom. The van der Waals surface area contributed by atoms with Gasteiger partial charge in [-0.25, -0.2) is 14.6 Å². The molecule has 1 aliphatic rings. The number of hydrogen-bond donors (Lipinski definition) is 0. The van der Waals surface area contributed by atoms with E-state index in [9.17, 15) is 4.79 Å². The molecule has 3 heterocycles. The van der Waals surface area contributed by atoms with Gasteiger partial charge in [0.25, 0.3) is 5.56 Å². The van der Waals surface area contributed by atoms with Crippen LogP contribution in [0.25, 0.3) is 17.1 Å². The summed E-state index contributed by atoms with van der Waals surface area (Å²) in [7, 11) is 1.94. The smallest absolute Gasteiger partial charge is 0.276 e. The molecule has 2 aromatic carbocycles. The van der Waals surface area contributed by atoms with Gasteiger partial charge >= 0.3 is 0 Å². The summed E-state index contributed by atoms with van der Waals surface area (Å²) >= 11 is 0. The maximum Gasteiger partial charge on any atom is 0.276 e. The van der Waals surface area contributed by atoms with Crippen LogP contribution in [0.4, 0.5) is 0 Å². The number of rotatable bonds is 4. The van der Waals surface area contributed by atoms with Crippen LogP contribution in [-0.4, -0.2) is 30.8 Å². The van der Waals surface area contributed by atoms with Crippen molar-refractivity contribution in [2.45, 2.75) is 26.4 Å². The minimum Gasteiger partial charge on any atom is -0.294 e. The van der Waals surface area contributed by atoms with Crippen molar-refractivity contribution < 1.29 is 0 Å². The predicted octanol–water partition coefficient (Wildman–Crippen LogP) is 3.50. The van der Waals surface area contributed by atoms with Gasteiger partial charge in [0, 0.05) is 56.1 Å². The number of benzene rings is 2. The molecule has 31 heavy (non-hydrogen) atoms. The van der Waals surface area contributed by atoms with Gasteiger partial charge in [-0.15, -0.1) is 0 Å². The molecule has 0 aliphatic carbocycles. The molecule has 0 saturated carbocycles. The second-order valence-corrected chi connectivity index (χ2v) is 8.03. The third-order valence-electron chi connectivity index (χ3n) is 6.10. The van der Waals surface area contributed by atoms with Crippen molar-refractivity contribution >= 4 is 0 Å². The van der Waals surface area contributed by atoms with E-state index < -0.39 is 0 Å². The maximum absolute atomic E-state index is 13.2. The van der Waals surface area contributed by atoms with Crippen LogP contribution in [0.3, 0.4) is 0 Å². The number of aromatic nitrogens is 4. The van der Waals surface area contributed by atoms with Gasteiger partial charge in [0.2, 0.25) is 0 Å². The van der Waals surface area contributed by atoms with E-state index in [1.54, 1.807) is 4.68 Å². The Morgan fingerprint density at radius 3 is 2.45 bits per heavy atom. The highest BCUT2D eigenvalue weighted by Crippen LogP contribution is 2.22. The summed E-state index contributed by atoms with van der Waals surface area (Å²) < 4.78 is 3.69. The van der Waals surface area contributed by atoms with E-state index in [0.717, 1.165) is 59.1 Å². The fourth-order valence-electron chi connectivity index (χ4n) is 4.27. The number of nitrogens with zero attached hydrogens (tertiary/aromatic N) is 5. The Hall–Kier alpha value is -3.51.